The second kappa shape index (κ2) is 8.79. The summed E-state index contributed by atoms with van der Waals surface area (Å²) in [4.78, 5) is 6.37. The molecule has 0 amide bonds. The molecule has 0 saturated carbocycles. The number of nitrogens with one attached hydrogen (secondary N) is 1. The molecule has 0 aromatic heterocycles. The number of piperazine rings is 1. The summed E-state index contributed by atoms with van der Waals surface area (Å²) in [6.45, 7) is 11.4. The van der Waals surface area contributed by atoms with Crippen LogP contribution in [0.1, 0.15) is 25.5 Å². The van der Waals surface area contributed by atoms with Gasteiger partial charge in [0.15, 0.2) is 0 Å². The van der Waals surface area contributed by atoms with Gasteiger partial charge in [0.05, 0.1) is 0 Å². The van der Waals surface area contributed by atoms with Crippen LogP contribution in [0.25, 0.3) is 0 Å². The van der Waals surface area contributed by atoms with Crippen LogP contribution in [0.15, 0.2) is 29.2 Å². The number of likely N-dealkylation sites (N-methyl/N-ethyl adjacent to an activating group) is 1. The second-order valence-corrected chi connectivity index (χ2v) is 7.01. The van der Waals surface area contributed by atoms with Gasteiger partial charge in [-0.25, -0.2) is 0 Å². The fourth-order valence-corrected chi connectivity index (χ4v) is 3.55. The maximum absolute atomic E-state index is 3.45. The summed E-state index contributed by atoms with van der Waals surface area (Å²) < 4.78 is 0. The Morgan fingerprint density at radius 3 is 2.43 bits per heavy atom. The van der Waals surface area contributed by atoms with Gasteiger partial charge in [0.2, 0.25) is 0 Å². The Balaban J connectivity index is 1.71. The first kappa shape index (κ1) is 16.8. The fraction of sp³-hybridized carbons (Fsp3) is 0.647. The van der Waals surface area contributed by atoms with E-state index in [0.29, 0.717) is 6.04 Å². The van der Waals surface area contributed by atoms with E-state index in [0.717, 1.165) is 6.54 Å². The summed E-state index contributed by atoms with van der Waals surface area (Å²) >= 11 is 1.97. The van der Waals surface area contributed by atoms with Crippen LogP contribution >= 0.6 is 11.8 Å². The van der Waals surface area contributed by atoms with E-state index in [-0.39, 0.29) is 0 Å². The summed E-state index contributed by atoms with van der Waals surface area (Å²) in [6.07, 6.45) is 0. The number of nitrogens with zero attached hydrogens (tertiary/aromatic N) is 2. The number of hydrogen-bond acceptors (Lipinski definition) is 4. The van der Waals surface area contributed by atoms with Crippen LogP contribution in [0.5, 0.6) is 0 Å². The topological polar surface area (TPSA) is 18.5 Å². The quantitative estimate of drug-likeness (QED) is 0.780. The number of benzene rings is 1. The summed E-state index contributed by atoms with van der Waals surface area (Å²) in [6, 6.07) is 9.48. The lowest BCUT2D eigenvalue weighted by Crippen LogP contribution is -2.45. The minimum absolute atomic E-state index is 0.444. The van der Waals surface area contributed by atoms with E-state index in [1.165, 1.54) is 48.9 Å². The standard InChI is InChI=1S/C17H29N3S/c1-4-18-15(2)16-5-7-17(8-6-16)21-14-13-20-11-9-19(3)10-12-20/h5-8,15,18H,4,9-14H2,1-3H3. The predicted octanol–water partition coefficient (Wildman–Crippen LogP) is 2.70. The highest BCUT2D eigenvalue weighted by atomic mass is 32.2. The molecule has 1 aliphatic rings. The van der Waals surface area contributed by atoms with Crippen molar-refractivity contribution in [1.29, 1.82) is 0 Å². The molecule has 0 spiro atoms. The first-order valence-corrected chi connectivity index (χ1v) is 9.04. The molecule has 0 aliphatic carbocycles. The smallest absolute Gasteiger partial charge is 0.0291 e. The minimum atomic E-state index is 0.444. The van der Waals surface area contributed by atoms with Gasteiger partial charge >= 0.3 is 0 Å². The molecule has 1 fully saturated rings. The van der Waals surface area contributed by atoms with E-state index in [2.05, 4.69) is 60.3 Å². The van der Waals surface area contributed by atoms with Crippen molar-refractivity contribution in [3.8, 4) is 0 Å². The lowest BCUT2D eigenvalue weighted by atomic mass is 10.1. The SMILES string of the molecule is CCNC(C)c1ccc(SCCN2CCN(C)CC2)cc1. The molecule has 1 aromatic rings. The van der Waals surface area contributed by atoms with E-state index in [1.54, 1.807) is 0 Å². The van der Waals surface area contributed by atoms with Gasteiger partial charge in [0.25, 0.3) is 0 Å². The summed E-state index contributed by atoms with van der Waals surface area (Å²) in [7, 11) is 2.21. The Labute approximate surface area is 134 Å². The van der Waals surface area contributed by atoms with Gasteiger partial charge in [0.1, 0.15) is 0 Å². The lowest BCUT2D eigenvalue weighted by Gasteiger charge is -2.32. The molecule has 1 atom stereocenters. The third kappa shape index (κ3) is 5.62. The van der Waals surface area contributed by atoms with Crippen LogP contribution in [0, 0.1) is 0 Å². The number of hydrogen-bond donors (Lipinski definition) is 1. The zero-order chi connectivity index (χ0) is 15.1. The summed E-state index contributed by atoms with van der Waals surface area (Å²) in [5.41, 5.74) is 1.38. The average molecular weight is 308 g/mol. The lowest BCUT2D eigenvalue weighted by molar-refractivity contribution is 0.161. The van der Waals surface area contributed by atoms with Crippen molar-refractivity contribution in [3.63, 3.8) is 0 Å². The molecular formula is C17H29N3S. The van der Waals surface area contributed by atoms with E-state index < -0.39 is 0 Å². The summed E-state index contributed by atoms with van der Waals surface area (Å²) in [5, 5.41) is 3.45. The van der Waals surface area contributed by atoms with Crippen LogP contribution in [0.2, 0.25) is 0 Å². The van der Waals surface area contributed by atoms with Gasteiger partial charge in [-0.3, -0.25) is 4.90 Å². The van der Waals surface area contributed by atoms with E-state index >= 15 is 0 Å². The summed E-state index contributed by atoms with van der Waals surface area (Å²) in [5.74, 6) is 1.19. The van der Waals surface area contributed by atoms with Gasteiger partial charge in [-0.1, -0.05) is 19.1 Å². The molecule has 1 heterocycles. The Hall–Kier alpha value is -0.550. The zero-order valence-corrected chi connectivity index (χ0v) is 14.5. The third-order valence-corrected chi connectivity index (χ3v) is 5.15. The van der Waals surface area contributed by atoms with E-state index in [4.69, 9.17) is 0 Å². The van der Waals surface area contributed by atoms with Gasteiger partial charge in [-0.05, 0) is 38.2 Å². The minimum Gasteiger partial charge on any atom is -0.310 e. The Kier molecular flexibility index (Phi) is 7.04. The van der Waals surface area contributed by atoms with Crippen LogP contribution < -0.4 is 5.32 Å². The average Bonchev–Trinajstić information content (AvgIpc) is 2.50. The van der Waals surface area contributed by atoms with Gasteiger partial charge < -0.3 is 10.2 Å². The van der Waals surface area contributed by atoms with Crippen molar-refractivity contribution < 1.29 is 0 Å². The number of thioether (sulfide) groups is 1. The van der Waals surface area contributed by atoms with E-state index in [9.17, 15) is 0 Å². The third-order valence-electron chi connectivity index (χ3n) is 4.16. The van der Waals surface area contributed by atoms with E-state index in [1.807, 2.05) is 11.8 Å². The van der Waals surface area contributed by atoms with Crippen molar-refractivity contribution in [2.45, 2.75) is 24.8 Å². The first-order valence-electron chi connectivity index (χ1n) is 8.06. The molecule has 1 aliphatic heterocycles. The van der Waals surface area contributed by atoms with Crippen molar-refractivity contribution in [2.24, 2.45) is 0 Å². The maximum Gasteiger partial charge on any atom is 0.0291 e. The molecule has 21 heavy (non-hydrogen) atoms. The van der Waals surface area contributed by atoms with Crippen LogP contribution in [0.4, 0.5) is 0 Å². The molecule has 3 nitrogen and oxygen atoms in total. The van der Waals surface area contributed by atoms with Crippen LogP contribution in [0.3, 0.4) is 0 Å². The predicted molar refractivity (Wildman–Crippen MR) is 93.2 cm³/mol. The Morgan fingerprint density at radius 1 is 1.14 bits per heavy atom. The van der Waals surface area contributed by atoms with Gasteiger partial charge in [-0.15, -0.1) is 11.8 Å². The highest BCUT2D eigenvalue weighted by Gasteiger charge is 2.13. The molecule has 0 radical (unpaired) electrons. The molecule has 1 unspecified atom stereocenters. The molecule has 1 saturated heterocycles. The highest BCUT2D eigenvalue weighted by Crippen LogP contribution is 2.21. The molecule has 0 bridgehead atoms. The molecule has 1 N–H and O–H groups in total. The molecule has 4 heteroatoms. The molecule has 2 rings (SSSR count). The van der Waals surface area contributed by atoms with Crippen molar-refractivity contribution in [2.75, 3.05) is 52.1 Å². The molecule has 118 valence electrons. The monoisotopic (exact) mass is 307 g/mol. The van der Waals surface area contributed by atoms with Crippen LogP contribution in [-0.2, 0) is 0 Å². The van der Waals surface area contributed by atoms with Gasteiger partial charge in [-0.2, -0.15) is 0 Å². The molecule has 1 aromatic carbocycles. The zero-order valence-electron chi connectivity index (χ0n) is 13.6. The molecular weight excluding hydrogens is 278 g/mol. The largest absolute Gasteiger partial charge is 0.310 e. The van der Waals surface area contributed by atoms with Gasteiger partial charge in [0, 0.05) is 49.4 Å². The van der Waals surface area contributed by atoms with Crippen LogP contribution in [-0.4, -0.2) is 61.9 Å². The first-order chi connectivity index (χ1) is 10.2. The Morgan fingerprint density at radius 2 is 1.81 bits per heavy atom. The van der Waals surface area contributed by atoms with Crippen molar-refractivity contribution in [3.05, 3.63) is 29.8 Å². The fourth-order valence-electron chi connectivity index (χ4n) is 2.64. The normalized spacial score (nSPS) is 18.8. The second-order valence-electron chi connectivity index (χ2n) is 5.84. The Bertz CT molecular complexity index is 399. The number of rotatable bonds is 7. The van der Waals surface area contributed by atoms with Crippen molar-refractivity contribution in [1.82, 2.24) is 15.1 Å². The van der Waals surface area contributed by atoms with Crippen molar-refractivity contribution >= 4 is 11.8 Å². The highest BCUT2D eigenvalue weighted by molar-refractivity contribution is 7.99. The maximum atomic E-state index is 3.45.